The van der Waals surface area contributed by atoms with Crippen LogP contribution in [0.5, 0.6) is 0 Å². The van der Waals surface area contributed by atoms with Crippen LogP contribution in [0.25, 0.3) is 11.1 Å². The number of carbonyl (C=O) groups excluding carboxylic acids is 1. The topological polar surface area (TPSA) is 46.3 Å². The summed E-state index contributed by atoms with van der Waals surface area (Å²) in [5.41, 5.74) is 9.00. The molecule has 2 aromatic carbocycles. The average molecular weight is 240 g/mol. The molecule has 2 N–H and O–H groups in total. The van der Waals surface area contributed by atoms with Crippen molar-refractivity contribution in [1.29, 1.82) is 0 Å². The second-order valence-electron chi connectivity index (χ2n) is 4.37. The Bertz CT molecular complexity index is 562. The zero-order valence-corrected chi connectivity index (χ0v) is 10.6. The van der Waals surface area contributed by atoms with Crippen LogP contribution in [0, 0.1) is 0 Å². The van der Waals surface area contributed by atoms with E-state index in [0.717, 1.165) is 11.1 Å². The first-order valence-electron chi connectivity index (χ1n) is 5.76. The Morgan fingerprint density at radius 2 is 1.72 bits per heavy atom. The van der Waals surface area contributed by atoms with Crippen molar-refractivity contribution in [3.05, 3.63) is 54.1 Å². The largest absolute Gasteiger partial charge is 0.399 e. The van der Waals surface area contributed by atoms with Gasteiger partial charge in [0.2, 0.25) is 0 Å². The molecule has 0 fully saturated rings. The molecule has 0 atom stereocenters. The Kier molecular flexibility index (Phi) is 3.33. The van der Waals surface area contributed by atoms with Crippen LogP contribution in [0.3, 0.4) is 0 Å². The number of rotatable bonds is 2. The van der Waals surface area contributed by atoms with Crippen LogP contribution in [0.2, 0.25) is 0 Å². The second-order valence-corrected chi connectivity index (χ2v) is 4.37. The number of anilines is 1. The first kappa shape index (κ1) is 12.2. The minimum Gasteiger partial charge on any atom is -0.399 e. The standard InChI is InChI=1S/C15H16N2O/c1-17(2)15(18)13-9-8-12(16)10-14(13)11-6-4-3-5-7-11/h3-10H,16H2,1-2H3. The van der Waals surface area contributed by atoms with Crippen molar-refractivity contribution >= 4 is 11.6 Å². The van der Waals surface area contributed by atoms with Crippen LogP contribution < -0.4 is 5.73 Å². The molecule has 2 aromatic rings. The predicted molar refractivity (Wildman–Crippen MR) is 74.3 cm³/mol. The fraction of sp³-hybridized carbons (Fsp3) is 0.133. The lowest BCUT2D eigenvalue weighted by Gasteiger charge is -2.14. The molecule has 92 valence electrons. The summed E-state index contributed by atoms with van der Waals surface area (Å²) in [5.74, 6) is -0.0196. The summed E-state index contributed by atoms with van der Waals surface area (Å²) in [7, 11) is 3.49. The highest BCUT2D eigenvalue weighted by molar-refractivity contribution is 6.01. The van der Waals surface area contributed by atoms with E-state index in [4.69, 9.17) is 5.73 Å². The molecule has 0 aliphatic rings. The highest BCUT2D eigenvalue weighted by Gasteiger charge is 2.14. The smallest absolute Gasteiger partial charge is 0.253 e. The lowest BCUT2D eigenvalue weighted by Crippen LogP contribution is -2.22. The highest BCUT2D eigenvalue weighted by atomic mass is 16.2. The molecule has 0 aromatic heterocycles. The van der Waals surface area contributed by atoms with E-state index in [1.807, 2.05) is 36.4 Å². The Balaban J connectivity index is 2.58. The molecule has 0 bridgehead atoms. The third kappa shape index (κ3) is 2.35. The number of nitrogens with two attached hydrogens (primary N) is 1. The van der Waals surface area contributed by atoms with Crippen LogP contribution in [-0.2, 0) is 0 Å². The normalized spacial score (nSPS) is 10.1. The van der Waals surface area contributed by atoms with Crippen molar-refractivity contribution in [2.45, 2.75) is 0 Å². The molecule has 3 nitrogen and oxygen atoms in total. The second kappa shape index (κ2) is 4.92. The molecule has 0 aliphatic heterocycles. The Morgan fingerprint density at radius 1 is 1.06 bits per heavy atom. The van der Waals surface area contributed by atoms with Gasteiger partial charge in [0.25, 0.3) is 5.91 Å². The summed E-state index contributed by atoms with van der Waals surface area (Å²) in [5, 5.41) is 0. The van der Waals surface area contributed by atoms with Gasteiger partial charge in [0.1, 0.15) is 0 Å². The predicted octanol–water partition coefficient (Wildman–Crippen LogP) is 2.64. The van der Waals surface area contributed by atoms with E-state index >= 15 is 0 Å². The van der Waals surface area contributed by atoms with Crippen LogP contribution in [-0.4, -0.2) is 24.9 Å². The van der Waals surface area contributed by atoms with Crippen molar-refractivity contribution < 1.29 is 4.79 Å². The first-order chi connectivity index (χ1) is 8.59. The summed E-state index contributed by atoms with van der Waals surface area (Å²) in [6.45, 7) is 0. The molecular formula is C15H16N2O. The average Bonchev–Trinajstić information content (AvgIpc) is 2.39. The maximum Gasteiger partial charge on any atom is 0.253 e. The maximum atomic E-state index is 12.1. The number of carbonyl (C=O) groups is 1. The monoisotopic (exact) mass is 240 g/mol. The van der Waals surface area contributed by atoms with Crippen molar-refractivity contribution in [2.75, 3.05) is 19.8 Å². The lowest BCUT2D eigenvalue weighted by molar-refractivity contribution is 0.0828. The van der Waals surface area contributed by atoms with Gasteiger partial charge in [0, 0.05) is 25.3 Å². The number of hydrogen-bond acceptors (Lipinski definition) is 2. The number of nitrogens with zero attached hydrogens (tertiary/aromatic N) is 1. The summed E-state index contributed by atoms with van der Waals surface area (Å²) < 4.78 is 0. The van der Waals surface area contributed by atoms with Crippen molar-refractivity contribution in [3.63, 3.8) is 0 Å². The van der Waals surface area contributed by atoms with Crippen molar-refractivity contribution in [1.82, 2.24) is 4.90 Å². The van der Waals surface area contributed by atoms with Gasteiger partial charge < -0.3 is 10.6 Å². The van der Waals surface area contributed by atoms with Gasteiger partial charge in [-0.15, -0.1) is 0 Å². The minimum atomic E-state index is -0.0196. The Labute approximate surface area is 107 Å². The number of benzene rings is 2. The molecular weight excluding hydrogens is 224 g/mol. The molecule has 0 radical (unpaired) electrons. The molecule has 0 spiro atoms. The lowest BCUT2D eigenvalue weighted by atomic mass is 9.98. The summed E-state index contributed by atoms with van der Waals surface area (Å²) in [4.78, 5) is 13.7. The van der Waals surface area contributed by atoms with Gasteiger partial charge in [0.05, 0.1) is 0 Å². The quantitative estimate of drug-likeness (QED) is 0.820. The van der Waals surface area contributed by atoms with Gasteiger partial charge in [0.15, 0.2) is 0 Å². The summed E-state index contributed by atoms with van der Waals surface area (Å²) >= 11 is 0. The van der Waals surface area contributed by atoms with Gasteiger partial charge in [-0.05, 0) is 29.3 Å². The number of nitrogen functional groups attached to an aromatic ring is 1. The minimum absolute atomic E-state index is 0.0196. The number of hydrogen-bond donors (Lipinski definition) is 1. The summed E-state index contributed by atoms with van der Waals surface area (Å²) in [6, 6.07) is 15.2. The molecule has 0 saturated carbocycles. The van der Waals surface area contributed by atoms with E-state index in [1.165, 1.54) is 0 Å². The molecule has 0 aliphatic carbocycles. The van der Waals surface area contributed by atoms with E-state index < -0.39 is 0 Å². The maximum absolute atomic E-state index is 12.1. The van der Waals surface area contributed by atoms with Crippen LogP contribution in [0.4, 0.5) is 5.69 Å². The highest BCUT2D eigenvalue weighted by Crippen LogP contribution is 2.26. The van der Waals surface area contributed by atoms with Gasteiger partial charge in [-0.2, -0.15) is 0 Å². The van der Waals surface area contributed by atoms with E-state index in [-0.39, 0.29) is 5.91 Å². The molecule has 3 heteroatoms. The van der Waals surface area contributed by atoms with E-state index in [0.29, 0.717) is 11.3 Å². The third-order valence-corrected chi connectivity index (χ3v) is 2.77. The van der Waals surface area contributed by atoms with E-state index in [2.05, 4.69) is 0 Å². The van der Waals surface area contributed by atoms with Gasteiger partial charge in [-0.25, -0.2) is 0 Å². The molecule has 2 rings (SSSR count). The van der Waals surface area contributed by atoms with Crippen LogP contribution >= 0.6 is 0 Å². The molecule has 1 amide bonds. The zero-order chi connectivity index (χ0) is 13.1. The van der Waals surface area contributed by atoms with Gasteiger partial charge in [-0.1, -0.05) is 30.3 Å². The third-order valence-electron chi connectivity index (χ3n) is 2.77. The molecule has 0 unspecified atom stereocenters. The van der Waals surface area contributed by atoms with Gasteiger partial charge in [-0.3, -0.25) is 4.79 Å². The Morgan fingerprint density at radius 3 is 2.33 bits per heavy atom. The van der Waals surface area contributed by atoms with Gasteiger partial charge >= 0.3 is 0 Å². The van der Waals surface area contributed by atoms with E-state index in [9.17, 15) is 4.79 Å². The van der Waals surface area contributed by atoms with Crippen molar-refractivity contribution in [3.8, 4) is 11.1 Å². The Hall–Kier alpha value is -2.29. The summed E-state index contributed by atoms with van der Waals surface area (Å²) in [6.07, 6.45) is 0. The molecule has 0 heterocycles. The fourth-order valence-corrected chi connectivity index (χ4v) is 1.85. The first-order valence-corrected chi connectivity index (χ1v) is 5.76. The molecule has 0 saturated heterocycles. The van der Waals surface area contributed by atoms with Crippen LogP contribution in [0.1, 0.15) is 10.4 Å². The zero-order valence-electron chi connectivity index (χ0n) is 10.6. The molecule has 18 heavy (non-hydrogen) atoms. The SMILES string of the molecule is CN(C)C(=O)c1ccc(N)cc1-c1ccccc1. The fourth-order valence-electron chi connectivity index (χ4n) is 1.85. The van der Waals surface area contributed by atoms with Crippen molar-refractivity contribution in [2.24, 2.45) is 0 Å². The number of amides is 1. The van der Waals surface area contributed by atoms with E-state index in [1.54, 1.807) is 31.1 Å². The van der Waals surface area contributed by atoms with Crippen LogP contribution in [0.15, 0.2) is 48.5 Å².